The van der Waals surface area contributed by atoms with E-state index in [9.17, 15) is 0 Å². The predicted octanol–water partition coefficient (Wildman–Crippen LogP) is 2.46. The van der Waals surface area contributed by atoms with E-state index in [-0.39, 0.29) is 0 Å². The second-order valence-electron chi connectivity index (χ2n) is 4.72. The van der Waals surface area contributed by atoms with Crippen molar-refractivity contribution in [2.75, 3.05) is 6.54 Å². The Morgan fingerprint density at radius 2 is 2.00 bits per heavy atom. The van der Waals surface area contributed by atoms with E-state index in [2.05, 4.69) is 40.2 Å². The molecule has 3 nitrogen and oxygen atoms in total. The molecule has 3 heteroatoms. The Morgan fingerprint density at radius 3 is 2.65 bits per heavy atom. The van der Waals surface area contributed by atoms with Crippen LogP contribution in [0.25, 0.3) is 11.1 Å². The Labute approximate surface area is 101 Å². The summed E-state index contributed by atoms with van der Waals surface area (Å²) in [6.07, 6.45) is 6.53. The van der Waals surface area contributed by atoms with Crippen molar-refractivity contribution in [3.8, 4) is 11.1 Å². The molecule has 0 amide bonds. The minimum atomic E-state index is 0.512. The molecule has 2 atom stereocenters. The van der Waals surface area contributed by atoms with Gasteiger partial charge in [0.1, 0.15) is 0 Å². The Balaban J connectivity index is 1.84. The molecule has 0 saturated heterocycles. The summed E-state index contributed by atoms with van der Waals surface area (Å²) in [6.45, 7) is 0.769. The average Bonchev–Trinajstić information content (AvgIpc) is 2.79. The van der Waals surface area contributed by atoms with Crippen LogP contribution in [0.5, 0.6) is 0 Å². The fraction of sp³-hybridized carbons (Fsp3) is 0.357. The van der Waals surface area contributed by atoms with Gasteiger partial charge >= 0.3 is 0 Å². The van der Waals surface area contributed by atoms with E-state index >= 15 is 0 Å². The molecule has 1 aromatic carbocycles. The van der Waals surface area contributed by atoms with Gasteiger partial charge in [-0.25, -0.2) is 0 Å². The summed E-state index contributed by atoms with van der Waals surface area (Å²) in [5, 5.41) is 4.47. The van der Waals surface area contributed by atoms with E-state index in [0.717, 1.165) is 6.54 Å². The molecule has 2 unspecified atom stereocenters. The van der Waals surface area contributed by atoms with Crippen molar-refractivity contribution in [3.63, 3.8) is 0 Å². The third-order valence-electron chi connectivity index (χ3n) is 3.73. The summed E-state index contributed by atoms with van der Waals surface area (Å²) in [5.41, 5.74) is 8.15. The normalized spacial score (nSPS) is 23.4. The zero-order chi connectivity index (χ0) is 11.7. The van der Waals surface area contributed by atoms with Crippen molar-refractivity contribution in [1.29, 1.82) is 0 Å². The number of nitrogens with zero attached hydrogens (tertiary/aromatic N) is 2. The van der Waals surface area contributed by atoms with Crippen LogP contribution in [-0.4, -0.2) is 16.3 Å². The summed E-state index contributed by atoms with van der Waals surface area (Å²) >= 11 is 0. The molecule has 0 radical (unpaired) electrons. The van der Waals surface area contributed by atoms with E-state index in [1.165, 1.54) is 24.0 Å². The lowest BCUT2D eigenvalue weighted by Crippen LogP contribution is -2.34. The van der Waals surface area contributed by atoms with Gasteiger partial charge in [-0.1, -0.05) is 30.3 Å². The van der Waals surface area contributed by atoms with Gasteiger partial charge in [0.25, 0.3) is 0 Å². The van der Waals surface area contributed by atoms with Crippen molar-refractivity contribution in [2.45, 2.75) is 18.9 Å². The highest BCUT2D eigenvalue weighted by molar-refractivity contribution is 5.61. The molecular weight excluding hydrogens is 210 g/mol. The van der Waals surface area contributed by atoms with Crippen LogP contribution in [-0.2, 0) is 0 Å². The van der Waals surface area contributed by atoms with E-state index in [0.29, 0.717) is 12.0 Å². The van der Waals surface area contributed by atoms with Crippen LogP contribution in [0.15, 0.2) is 42.7 Å². The van der Waals surface area contributed by atoms with Crippen LogP contribution >= 0.6 is 0 Å². The minimum Gasteiger partial charge on any atom is -0.330 e. The quantitative estimate of drug-likeness (QED) is 0.875. The van der Waals surface area contributed by atoms with Crippen LogP contribution < -0.4 is 5.73 Å². The smallest absolute Gasteiger partial charge is 0.0568 e. The van der Waals surface area contributed by atoms with E-state index in [1.807, 2.05) is 12.3 Å². The van der Waals surface area contributed by atoms with E-state index in [4.69, 9.17) is 5.73 Å². The van der Waals surface area contributed by atoms with Gasteiger partial charge in [-0.15, -0.1) is 0 Å². The number of aromatic nitrogens is 2. The molecule has 0 spiro atoms. The maximum atomic E-state index is 5.74. The van der Waals surface area contributed by atoms with Gasteiger partial charge in [0.2, 0.25) is 0 Å². The van der Waals surface area contributed by atoms with Crippen molar-refractivity contribution in [3.05, 3.63) is 42.7 Å². The molecule has 2 aromatic rings. The summed E-state index contributed by atoms with van der Waals surface area (Å²) in [7, 11) is 0. The highest BCUT2D eigenvalue weighted by Gasteiger charge is 2.31. The SMILES string of the molecule is NCC1CCC1n1cc(-c2ccccc2)cn1. The lowest BCUT2D eigenvalue weighted by Gasteiger charge is -2.35. The molecule has 1 aliphatic carbocycles. The van der Waals surface area contributed by atoms with Gasteiger partial charge in [-0.05, 0) is 30.9 Å². The first-order valence-electron chi connectivity index (χ1n) is 6.18. The first-order chi connectivity index (χ1) is 8.38. The fourth-order valence-corrected chi connectivity index (χ4v) is 2.47. The number of hydrogen-bond donors (Lipinski definition) is 1. The molecule has 3 rings (SSSR count). The third-order valence-corrected chi connectivity index (χ3v) is 3.73. The van der Waals surface area contributed by atoms with Crippen molar-refractivity contribution in [2.24, 2.45) is 11.7 Å². The molecule has 1 heterocycles. The van der Waals surface area contributed by atoms with Crippen molar-refractivity contribution < 1.29 is 0 Å². The third kappa shape index (κ3) is 1.87. The largest absolute Gasteiger partial charge is 0.330 e. The second-order valence-corrected chi connectivity index (χ2v) is 4.72. The summed E-state index contributed by atoms with van der Waals surface area (Å²) in [6, 6.07) is 10.9. The molecule has 17 heavy (non-hydrogen) atoms. The van der Waals surface area contributed by atoms with Crippen molar-refractivity contribution in [1.82, 2.24) is 9.78 Å². The molecule has 1 saturated carbocycles. The molecule has 0 bridgehead atoms. The minimum absolute atomic E-state index is 0.512. The zero-order valence-corrected chi connectivity index (χ0v) is 9.79. The number of benzene rings is 1. The molecule has 0 aliphatic heterocycles. The number of rotatable bonds is 3. The van der Waals surface area contributed by atoms with Crippen LogP contribution in [0.2, 0.25) is 0 Å². The summed E-state index contributed by atoms with van der Waals surface area (Å²) in [5.74, 6) is 0.610. The topological polar surface area (TPSA) is 43.8 Å². The van der Waals surface area contributed by atoms with Gasteiger partial charge in [0.05, 0.1) is 12.2 Å². The maximum Gasteiger partial charge on any atom is 0.0568 e. The lowest BCUT2D eigenvalue weighted by molar-refractivity contribution is 0.174. The maximum absolute atomic E-state index is 5.74. The van der Waals surface area contributed by atoms with Gasteiger partial charge < -0.3 is 5.73 Å². The van der Waals surface area contributed by atoms with Gasteiger partial charge in [-0.2, -0.15) is 5.10 Å². The van der Waals surface area contributed by atoms with Gasteiger partial charge in [-0.3, -0.25) is 4.68 Å². The summed E-state index contributed by atoms with van der Waals surface area (Å²) < 4.78 is 2.09. The monoisotopic (exact) mass is 227 g/mol. The van der Waals surface area contributed by atoms with Crippen LogP contribution in [0.1, 0.15) is 18.9 Å². The first kappa shape index (κ1) is 10.5. The molecule has 1 fully saturated rings. The van der Waals surface area contributed by atoms with E-state index in [1.54, 1.807) is 0 Å². The number of nitrogens with two attached hydrogens (primary N) is 1. The van der Waals surface area contributed by atoms with Gasteiger partial charge in [0.15, 0.2) is 0 Å². The highest BCUT2D eigenvalue weighted by atomic mass is 15.3. The zero-order valence-electron chi connectivity index (χ0n) is 9.79. The molecule has 2 N–H and O–H groups in total. The second kappa shape index (κ2) is 4.34. The fourth-order valence-electron chi connectivity index (χ4n) is 2.47. The Morgan fingerprint density at radius 1 is 1.18 bits per heavy atom. The molecule has 88 valence electrons. The summed E-state index contributed by atoms with van der Waals surface area (Å²) in [4.78, 5) is 0. The molecule has 1 aromatic heterocycles. The van der Waals surface area contributed by atoms with Crippen LogP contribution in [0.3, 0.4) is 0 Å². The first-order valence-corrected chi connectivity index (χ1v) is 6.18. The van der Waals surface area contributed by atoms with Gasteiger partial charge in [0, 0.05) is 11.8 Å². The highest BCUT2D eigenvalue weighted by Crippen LogP contribution is 2.37. The predicted molar refractivity (Wildman–Crippen MR) is 68.5 cm³/mol. The van der Waals surface area contributed by atoms with Crippen LogP contribution in [0, 0.1) is 5.92 Å². The van der Waals surface area contributed by atoms with E-state index < -0.39 is 0 Å². The average molecular weight is 227 g/mol. The Bertz CT molecular complexity index is 487. The van der Waals surface area contributed by atoms with Crippen molar-refractivity contribution >= 4 is 0 Å². The lowest BCUT2D eigenvalue weighted by atomic mass is 9.80. The van der Waals surface area contributed by atoms with Crippen LogP contribution in [0.4, 0.5) is 0 Å². The molecular formula is C14H17N3. The Hall–Kier alpha value is -1.61. The Kier molecular flexibility index (Phi) is 2.69. The standard InChI is InChI=1S/C14H17N3/c15-8-12-6-7-14(12)17-10-13(9-16-17)11-4-2-1-3-5-11/h1-5,9-10,12,14H,6-8,15H2. The number of hydrogen-bond acceptors (Lipinski definition) is 2. The molecule has 1 aliphatic rings.